The Kier molecular flexibility index (Phi) is 5.73. The molecule has 1 N–H and O–H groups in total. The van der Waals surface area contributed by atoms with Crippen LogP contribution in [0.1, 0.15) is 19.3 Å². The minimum absolute atomic E-state index is 0.224. The van der Waals surface area contributed by atoms with Crippen molar-refractivity contribution in [2.24, 2.45) is 5.92 Å². The first-order valence-corrected chi connectivity index (χ1v) is 7.34. The molecule has 0 atom stereocenters. The van der Waals surface area contributed by atoms with Crippen LogP contribution < -0.4 is 10.2 Å². The second-order valence-electron chi connectivity index (χ2n) is 5.14. The van der Waals surface area contributed by atoms with E-state index in [1.165, 1.54) is 0 Å². The molecule has 21 heavy (non-hydrogen) atoms. The zero-order valence-electron chi connectivity index (χ0n) is 11.6. The number of pyridine rings is 1. The largest absolute Gasteiger partial charge is 0.355 e. The third-order valence-corrected chi connectivity index (χ3v) is 3.88. The highest BCUT2D eigenvalue weighted by atomic mass is 35.5. The van der Waals surface area contributed by atoms with Gasteiger partial charge in [0.05, 0.1) is 11.6 Å². The highest BCUT2D eigenvalue weighted by Gasteiger charge is 2.23. The molecule has 0 unspecified atom stereocenters. The van der Waals surface area contributed by atoms with Crippen molar-refractivity contribution in [1.29, 1.82) is 0 Å². The highest BCUT2D eigenvalue weighted by Crippen LogP contribution is 2.28. The number of alkyl halides is 2. The normalized spacial score (nSPS) is 16.3. The van der Waals surface area contributed by atoms with Crippen molar-refractivity contribution in [3.05, 3.63) is 23.4 Å². The average Bonchev–Trinajstić information content (AvgIpc) is 2.47. The topological polar surface area (TPSA) is 45.2 Å². The van der Waals surface area contributed by atoms with E-state index in [-0.39, 0.29) is 11.8 Å². The monoisotopic (exact) mass is 317 g/mol. The van der Waals surface area contributed by atoms with Gasteiger partial charge in [0, 0.05) is 25.7 Å². The summed E-state index contributed by atoms with van der Waals surface area (Å²) >= 11 is 6.11. The lowest BCUT2D eigenvalue weighted by atomic mass is 9.93. The van der Waals surface area contributed by atoms with Crippen LogP contribution >= 0.6 is 11.6 Å². The molecule has 0 aromatic carbocycles. The lowest BCUT2D eigenvalue weighted by Crippen LogP contribution is -2.37. The number of carbonyl (C=O) groups excluding carboxylic acids is 1. The zero-order chi connectivity index (χ0) is 15.2. The predicted molar refractivity (Wildman–Crippen MR) is 77.8 cm³/mol. The van der Waals surface area contributed by atoms with E-state index in [1.54, 1.807) is 18.3 Å². The van der Waals surface area contributed by atoms with E-state index in [9.17, 15) is 13.6 Å². The number of nitrogens with zero attached hydrogens (tertiary/aromatic N) is 2. The smallest absolute Gasteiger partial charge is 0.255 e. The van der Waals surface area contributed by atoms with E-state index < -0.39 is 13.0 Å². The third kappa shape index (κ3) is 4.81. The van der Waals surface area contributed by atoms with Gasteiger partial charge in [-0.2, -0.15) is 0 Å². The van der Waals surface area contributed by atoms with E-state index in [1.807, 2.05) is 0 Å². The van der Waals surface area contributed by atoms with Crippen LogP contribution in [0.5, 0.6) is 0 Å². The first-order valence-electron chi connectivity index (χ1n) is 6.96. The van der Waals surface area contributed by atoms with Crippen molar-refractivity contribution >= 4 is 23.3 Å². The summed E-state index contributed by atoms with van der Waals surface area (Å²) in [6, 6.07) is 3.58. The maximum atomic E-state index is 12.0. The first-order chi connectivity index (χ1) is 10.1. The average molecular weight is 318 g/mol. The fourth-order valence-electron chi connectivity index (χ4n) is 2.48. The Labute approximate surface area is 127 Å². The summed E-state index contributed by atoms with van der Waals surface area (Å²) in [5, 5.41) is 2.86. The van der Waals surface area contributed by atoms with Gasteiger partial charge >= 0.3 is 0 Å². The van der Waals surface area contributed by atoms with Gasteiger partial charge in [-0.3, -0.25) is 4.79 Å². The molecule has 1 saturated heterocycles. The Bertz CT molecular complexity index is 479. The number of nitrogens with one attached hydrogen (secondary N) is 1. The Hall–Kier alpha value is -1.43. The molecule has 0 radical (unpaired) electrons. The van der Waals surface area contributed by atoms with Crippen LogP contribution in [-0.4, -0.2) is 37.0 Å². The van der Waals surface area contributed by atoms with Gasteiger partial charge in [-0.15, -0.1) is 0 Å². The van der Waals surface area contributed by atoms with Crippen LogP contribution in [0.2, 0.25) is 5.02 Å². The van der Waals surface area contributed by atoms with Crippen LogP contribution in [0.15, 0.2) is 18.3 Å². The summed E-state index contributed by atoms with van der Waals surface area (Å²) in [5.41, 5.74) is 0. The predicted octanol–water partition coefficient (Wildman–Crippen LogP) is 2.72. The summed E-state index contributed by atoms with van der Waals surface area (Å²) in [5.74, 6) is 0.686. The molecule has 2 heterocycles. The van der Waals surface area contributed by atoms with E-state index in [0.717, 1.165) is 31.7 Å². The van der Waals surface area contributed by atoms with Crippen molar-refractivity contribution in [3.63, 3.8) is 0 Å². The molecular weight excluding hydrogens is 300 g/mol. The fraction of sp³-hybridized carbons (Fsp3) is 0.571. The molecule has 1 aromatic rings. The standard InChI is InChI=1S/C14H18ClF2N3O/c15-11-2-1-5-18-14(11)20-6-3-10(4-7-20)8-13(21)19-9-12(16)17/h1-2,5,10,12H,3-4,6-9H2,(H,19,21). The van der Waals surface area contributed by atoms with Crippen LogP contribution in [0.25, 0.3) is 0 Å². The SMILES string of the molecule is O=C(CC1CCN(c2ncccc2Cl)CC1)NCC(F)F. The molecule has 1 fully saturated rings. The number of anilines is 1. The molecule has 0 bridgehead atoms. The summed E-state index contributed by atoms with van der Waals surface area (Å²) in [6.45, 7) is 0.967. The maximum Gasteiger partial charge on any atom is 0.255 e. The van der Waals surface area contributed by atoms with Crippen LogP contribution in [-0.2, 0) is 4.79 Å². The summed E-state index contributed by atoms with van der Waals surface area (Å²) in [7, 11) is 0. The number of halogens is 3. The van der Waals surface area contributed by atoms with Gasteiger partial charge < -0.3 is 10.2 Å². The van der Waals surface area contributed by atoms with Gasteiger partial charge in [-0.05, 0) is 30.9 Å². The minimum Gasteiger partial charge on any atom is -0.355 e. The molecule has 2 rings (SSSR count). The number of aromatic nitrogens is 1. The van der Waals surface area contributed by atoms with Crippen LogP contribution in [0.4, 0.5) is 14.6 Å². The fourth-order valence-corrected chi connectivity index (χ4v) is 2.73. The lowest BCUT2D eigenvalue weighted by molar-refractivity contribution is -0.122. The van der Waals surface area contributed by atoms with E-state index in [2.05, 4.69) is 15.2 Å². The van der Waals surface area contributed by atoms with Gasteiger partial charge in [-0.1, -0.05) is 11.6 Å². The van der Waals surface area contributed by atoms with E-state index >= 15 is 0 Å². The minimum atomic E-state index is -2.50. The number of hydrogen-bond acceptors (Lipinski definition) is 3. The molecule has 1 amide bonds. The second-order valence-corrected chi connectivity index (χ2v) is 5.55. The summed E-state index contributed by atoms with van der Waals surface area (Å²) in [4.78, 5) is 17.9. The number of amides is 1. The molecule has 0 aliphatic carbocycles. The van der Waals surface area contributed by atoms with E-state index in [0.29, 0.717) is 11.4 Å². The molecule has 1 aromatic heterocycles. The lowest BCUT2D eigenvalue weighted by Gasteiger charge is -2.32. The molecular formula is C14H18ClF2N3O. The molecule has 1 aliphatic rings. The molecule has 1 aliphatic heterocycles. The Balaban J connectivity index is 1.78. The van der Waals surface area contributed by atoms with Crippen molar-refractivity contribution < 1.29 is 13.6 Å². The third-order valence-electron chi connectivity index (χ3n) is 3.58. The van der Waals surface area contributed by atoms with Gasteiger partial charge in [0.25, 0.3) is 6.43 Å². The maximum absolute atomic E-state index is 12.0. The van der Waals surface area contributed by atoms with Gasteiger partial charge in [0.2, 0.25) is 5.91 Å². The van der Waals surface area contributed by atoms with Crippen LogP contribution in [0.3, 0.4) is 0 Å². The van der Waals surface area contributed by atoms with Crippen molar-refractivity contribution in [1.82, 2.24) is 10.3 Å². The molecule has 0 spiro atoms. The number of hydrogen-bond donors (Lipinski definition) is 1. The molecule has 4 nitrogen and oxygen atoms in total. The second kappa shape index (κ2) is 7.54. The quantitative estimate of drug-likeness (QED) is 0.908. The van der Waals surface area contributed by atoms with Gasteiger partial charge in [-0.25, -0.2) is 13.8 Å². The van der Waals surface area contributed by atoms with Gasteiger partial charge in [0.1, 0.15) is 5.82 Å². The summed E-state index contributed by atoms with van der Waals surface area (Å²) < 4.78 is 24.0. The first kappa shape index (κ1) is 15.9. The van der Waals surface area contributed by atoms with Crippen molar-refractivity contribution in [3.8, 4) is 0 Å². The highest BCUT2D eigenvalue weighted by molar-refractivity contribution is 6.32. The molecule has 116 valence electrons. The number of rotatable bonds is 5. The zero-order valence-corrected chi connectivity index (χ0v) is 12.3. The Morgan fingerprint density at radius 1 is 1.48 bits per heavy atom. The number of piperidine rings is 1. The Morgan fingerprint density at radius 3 is 2.81 bits per heavy atom. The van der Waals surface area contributed by atoms with Crippen LogP contribution in [0, 0.1) is 5.92 Å². The Morgan fingerprint density at radius 2 is 2.19 bits per heavy atom. The molecule has 7 heteroatoms. The van der Waals surface area contributed by atoms with Crippen molar-refractivity contribution in [2.45, 2.75) is 25.7 Å². The van der Waals surface area contributed by atoms with Gasteiger partial charge in [0.15, 0.2) is 0 Å². The van der Waals surface area contributed by atoms with E-state index in [4.69, 9.17) is 11.6 Å². The summed E-state index contributed by atoms with van der Waals surface area (Å²) in [6.07, 6.45) is 1.16. The number of carbonyl (C=O) groups is 1. The molecule has 0 saturated carbocycles. The van der Waals surface area contributed by atoms with Crippen molar-refractivity contribution in [2.75, 3.05) is 24.5 Å².